The molecule has 4 rings (SSSR count). The summed E-state index contributed by atoms with van der Waals surface area (Å²) in [5.74, 6) is 0.570. The zero-order valence-corrected chi connectivity index (χ0v) is 13.9. The van der Waals surface area contributed by atoms with E-state index in [1.54, 1.807) is 23.5 Å². The fourth-order valence-corrected chi connectivity index (χ4v) is 4.30. The van der Waals surface area contributed by atoms with E-state index in [1.165, 1.54) is 31.7 Å². The zero-order chi connectivity index (χ0) is 15.8. The number of nitrogens with zero attached hydrogens (tertiary/aromatic N) is 1. The van der Waals surface area contributed by atoms with E-state index < -0.39 is 0 Å². The molecule has 0 radical (unpaired) electrons. The maximum atomic E-state index is 13.5. The van der Waals surface area contributed by atoms with Crippen molar-refractivity contribution in [3.05, 3.63) is 35.6 Å². The fraction of sp³-hybridized carbons (Fsp3) is 0.389. The molecule has 0 saturated heterocycles. The van der Waals surface area contributed by atoms with Gasteiger partial charge in [0.1, 0.15) is 5.82 Å². The van der Waals surface area contributed by atoms with Crippen molar-refractivity contribution in [3.63, 3.8) is 0 Å². The van der Waals surface area contributed by atoms with Crippen LogP contribution in [0.25, 0.3) is 22.2 Å². The van der Waals surface area contributed by atoms with Crippen LogP contribution in [0.15, 0.2) is 29.8 Å². The first-order chi connectivity index (χ1) is 11.2. The van der Waals surface area contributed by atoms with E-state index in [9.17, 15) is 4.39 Å². The van der Waals surface area contributed by atoms with E-state index in [4.69, 9.17) is 4.98 Å². The summed E-state index contributed by atoms with van der Waals surface area (Å²) in [5.41, 5.74) is 2.80. The number of nitrogens with one attached hydrogen (secondary N) is 2. The molecule has 1 aliphatic carbocycles. The molecule has 2 atom stereocenters. The number of aromatic nitrogens is 2. The number of halogens is 1. The Kier molecular flexibility index (Phi) is 3.81. The third-order valence-electron chi connectivity index (χ3n) is 4.69. The van der Waals surface area contributed by atoms with E-state index in [-0.39, 0.29) is 5.82 Å². The Bertz CT molecular complexity index is 823. The molecule has 0 spiro atoms. The predicted octanol–water partition coefficient (Wildman–Crippen LogP) is 5.42. The number of benzene rings is 1. The molecule has 2 unspecified atom stereocenters. The Balaban J connectivity index is 1.58. The Morgan fingerprint density at radius 2 is 2.26 bits per heavy atom. The molecule has 1 fully saturated rings. The lowest BCUT2D eigenvalue weighted by Gasteiger charge is -2.27. The van der Waals surface area contributed by atoms with Crippen LogP contribution in [0.3, 0.4) is 0 Å². The molecule has 23 heavy (non-hydrogen) atoms. The van der Waals surface area contributed by atoms with Gasteiger partial charge < -0.3 is 10.3 Å². The molecule has 5 heteroatoms. The highest BCUT2D eigenvalue weighted by Gasteiger charge is 2.20. The number of aromatic amines is 1. The third-order valence-corrected chi connectivity index (χ3v) is 5.46. The monoisotopic (exact) mass is 329 g/mol. The molecule has 2 aromatic heterocycles. The van der Waals surface area contributed by atoms with E-state index in [0.717, 1.165) is 33.2 Å². The maximum Gasteiger partial charge on any atom is 0.183 e. The molecule has 2 N–H and O–H groups in total. The van der Waals surface area contributed by atoms with Gasteiger partial charge in [-0.2, -0.15) is 0 Å². The van der Waals surface area contributed by atoms with Crippen LogP contribution in [0, 0.1) is 11.7 Å². The van der Waals surface area contributed by atoms with Crippen LogP contribution in [-0.4, -0.2) is 16.0 Å². The average molecular weight is 329 g/mol. The highest BCUT2D eigenvalue weighted by molar-refractivity contribution is 7.14. The second-order valence-corrected chi connectivity index (χ2v) is 7.40. The number of hydrogen-bond acceptors (Lipinski definition) is 3. The largest absolute Gasteiger partial charge is 0.360 e. The minimum atomic E-state index is -0.219. The summed E-state index contributed by atoms with van der Waals surface area (Å²) in [6, 6.07) is 5.33. The molecule has 3 nitrogen and oxygen atoms in total. The van der Waals surface area contributed by atoms with E-state index in [0.29, 0.717) is 6.04 Å². The van der Waals surface area contributed by atoms with Crippen molar-refractivity contribution < 1.29 is 4.39 Å². The second kappa shape index (κ2) is 5.96. The molecule has 1 aliphatic rings. The normalized spacial score (nSPS) is 21.7. The minimum Gasteiger partial charge on any atom is -0.360 e. The standard InChI is InChI=1S/C18H20FN3S/c1-11-3-2-4-13(7-11)21-18-22-17(10-23-18)15-9-20-16-6-5-12(19)8-14(15)16/h5-6,8-11,13,20H,2-4,7H2,1H3,(H,21,22). The van der Waals surface area contributed by atoms with Gasteiger partial charge in [-0.3, -0.25) is 0 Å². The van der Waals surface area contributed by atoms with Crippen molar-refractivity contribution in [1.82, 2.24) is 9.97 Å². The van der Waals surface area contributed by atoms with Gasteiger partial charge >= 0.3 is 0 Å². The number of fused-ring (bicyclic) bond motifs is 1. The van der Waals surface area contributed by atoms with Gasteiger partial charge in [-0.05, 0) is 37.0 Å². The second-order valence-electron chi connectivity index (χ2n) is 6.54. The molecule has 0 bridgehead atoms. The number of anilines is 1. The maximum absolute atomic E-state index is 13.5. The minimum absolute atomic E-state index is 0.219. The van der Waals surface area contributed by atoms with Crippen LogP contribution < -0.4 is 5.32 Å². The Morgan fingerprint density at radius 3 is 3.13 bits per heavy atom. The van der Waals surface area contributed by atoms with Crippen molar-refractivity contribution in [3.8, 4) is 11.3 Å². The van der Waals surface area contributed by atoms with Crippen LogP contribution in [0.1, 0.15) is 32.6 Å². The van der Waals surface area contributed by atoms with Gasteiger partial charge in [0.05, 0.1) is 5.69 Å². The van der Waals surface area contributed by atoms with Crippen LogP contribution >= 0.6 is 11.3 Å². The molecule has 1 aromatic carbocycles. The Labute approximate surface area is 139 Å². The van der Waals surface area contributed by atoms with E-state index >= 15 is 0 Å². The van der Waals surface area contributed by atoms with Crippen LogP contribution in [0.4, 0.5) is 9.52 Å². The summed E-state index contributed by atoms with van der Waals surface area (Å²) in [6.07, 6.45) is 6.97. The smallest absolute Gasteiger partial charge is 0.183 e. The first-order valence-corrected chi connectivity index (χ1v) is 9.06. The molecule has 1 saturated carbocycles. The molecule has 0 amide bonds. The number of H-pyrrole nitrogens is 1. The summed E-state index contributed by atoms with van der Waals surface area (Å²) in [5, 5.41) is 7.47. The van der Waals surface area contributed by atoms with Crippen molar-refractivity contribution >= 4 is 27.4 Å². The van der Waals surface area contributed by atoms with Crippen LogP contribution in [-0.2, 0) is 0 Å². The first kappa shape index (κ1) is 14.7. The number of thiazole rings is 1. The summed E-state index contributed by atoms with van der Waals surface area (Å²) >= 11 is 1.63. The van der Waals surface area contributed by atoms with Gasteiger partial charge in [-0.15, -0.1) is 11.3 Å². The molecule has 3 aromatic rings. The van der Waals surface area contributed by atoms with Crippen LogP contribution in [0.2, 0.25) is 0 Å². The lowest BCUT2D eigenvalue weighted by molar-refractivity contribution is 0.358. The van der Waals surface area contributed by atoms with Gasteiger partial charge in [0, 0.05) is 34.1 Å². The van der Waals surface area contributed by atoms with E-state index in [2.05, 4.69) is 17.2 Å². The molecule has 2 heterocycles. The average Bonchev–Trinajstić information content (AvgIpc) is 3.13. The molecule has 120 valence electrons. The number of hydrogen-bond donors (Lipinski definition) is 2. The zero-order valence-electron chi connectivity index (χ0n) is 13.1. The molecular formula is C18H20FN3S. The van der Waals surface area contributed by atoms with Crippen molar-refractivity contribution in [2.75, 3.05) is 5.32 Å². The lowest BCUT2D eigenvalue weighted by atomic mass is 9.87. The number of rotatable bonds is 3. The van der Waals surface area contributed by atoms with Gasteiger partial charge in [0.25, 0.3) is 0 Å². The Morgan fingerprint density at radius 1 is 1.35 bits per heavy atom. The highest BCUT2D eigenvalue weighted by Crippen LogP contribution is 2.33. The van der Waals surface area contributed by atoms with Crippen molar-refractivity contribution in [1.29, 1.82) is 0 Å². The first-order valence-electron chi connectivity index (χ1n) is 8.18. The molecular weight excluding hydrogens is 309 g/mol. The Hall–Kier alpha value is -1.88. The summed E-state index contributed by atoms with van der Waals surface area (Å²) in [4.78, 5) is 7.90. The van der Waals surface area contributed by atoms with Gasteiger partial charge in [-0.25, -0.2) is 9.37 Å². The van der Waals surface area contributed by atoms with Gasteiger partial charge in [0.2, 0.25) is 0 Å². The summed E-state index contributed by atoms with van der Waals surface area (Å²) in [6.45, 7) is 2.32. The van der Waals surface area contributed by atoms with Crippen LogP contribution in [0.5, 0.6) is 0 Å². The SMILES string of the molecule is CC1CCCC(Nc2nc(-c3c[nH]c4ccc(F)cc34)cs2)C1. The third kappa shape index (κ3) is 2.98. The van der Waals surface area contributed by atoms with Gasteiger partial charge in [-0.1, -0.05) is 19.8 Å². The van der Waals surface area contributed by atoms with Crippen molar-refractivity contribution in [2.45, 2.75) is 38.6 Å². The predicted molar refractivity (Wildman–Crippen MR) is 94.4 cm³/mol. The summed E-state index contributed by atoms with van der Waals surface area (Å²) < 4.78 is 13.5. The summed E-state index contributed by atoms with van der Waals surface area (Å²) in [7, 11) is 0. The molecule has 0 aliphatic heterocycles. The van der Waals surface area contributed by atoms with Gasteiger partial charge in [0.15, 0.2) is 5.13 Å². The quantitative estimate of drug-likeness (QED) is 0.673. The highest BCUT2D eigenvalue weighted by atomic mass is 32.1. The lowest BCUT2D eigenvalue weighted by Crippen LogP contribution is -2.26. The topological polar surface area (TPSA) is 40.7 Å². The van der Waals surface area contributed by atoms with E-state index in [1.807, 2.05) is 11.6 Å². The van der Waals surface area contributed by atoms with Crippen molar-refractivity contribution in [2.24, 2.45) is 5.92 Å². The fourth-order valence-electron chi connectivity index (χ4n) is 3.51.